The molecule has 0 bridgehead atoms. The molecule has 3 aromatic rings. The van der Waals surface area contributed by atoms with E-state index in [0.717, 1.165) is 22.0 Å². The van der Waals surface area contributed by atoms with Crippen molar-refractivity contribution >= 4 is 22.5 Å². The molecule has 0 saturated heterocycles. The van der Waals surface area contributed by atoms with Crippen LogP contribution in [0.25, 0.3) is 0 Å². The number of hydrogen-bond donors (Lipinski definition) is 2. The van der Waals surface area contributed by atoms with Gasteiger partial charge in [0.05, 0.1) is 11.6 Å². The van der Waals surface area contributed by atoms with Gasteiger partial charge < -0.3 is 10.1 Å². The van der Waals surface area contributed by atoms with Crippen LogP contribution in [-0.4, -0.2) is 26.4 Å². The Morgan fingerprint density at radius 3 is 2.36 bits per heavy atom. The lowest BCUT2D eigenvalue weighted by Crippen LogP contribution is -2.28. The van der Waals surface area contributed by atoms with E-state index in [4.69, 9.17) is 4.74 Å². The molecule has 1 heterocycles. The van der Waals surface area contributed by atoms with Crippen molar-refractivity contribution < 1.29 is 35.5 Å². The zero-order valence-electron chi connectivity index (χ0n) is 19.5. The lowest BCUT2D eigenvalue weighted by atomic mass is 9.99. The van der Waals surface area contributed by atoms with Crippen molar-refractivity contribution in [1.29, 1.82) is 0 Å². The van der Waals surface area contributed by atoms with Crippen molar-refractivity contribution in [2.45, 2.75) is 32.5 Å². The molecule has 192 valence electrons. The Morgan fingerprint density at radius 2 is 1.78 bits per heavy atom. The lowest BCUT2D eigenvalue weighted by Gasteiger charge is -2.17. The second-order valence-corrected chi connectivity index (χ2v) is 9.06. The monoisotopic (exact) mass is 525 g/mol. The second kappa shape index (κ2) is 10.9. The Labute approximate surface area is 206 Å². The molecule has 1 unspecified atom stereocenters. The van der Waals surface area contributed by atoms with Crippen molar-refractivity contribution in [2.24, 2.45) is 0 Å². The molecule has 2 aromatic carbocycles. The topological polar surface area (TPSA) is 88.6 Å². The highest BCUT2D eigenvalue weighted by molar-refractivity contribution is 7.74. The van der Waals surface area contributed by atoms with Crippen LogP contribution in [0.1, 0.15) is 35.2 Å². The van der Waals surface area contributed by atoms with Crippen molar-refractivity contribution in [2.75, 3.05) is 11.4 Å². The van der Waals surface area contributed by atoms with Crippen LogP contribution in [0.15, 0.2) is 54.6 Å². The van der Waals surface area contributed by atoms with Crippen molar-refractivity contribution in [3.8, 4) is 11.6 Å². The third-order valence-corrected chi connectivity index (χ3v) is 6.08. The summed E-state index contributed by atoms with van der Waals surface area (Å²) >= 11 is 0. The number of amides is 1. The number of rotatable bonds is 8. The SMILES string of the molecule is Cc1ccc(Oc2nc(C(F)(F)F)ccc2CNC(=O)C(C)c2ccc(N(C)[SH](=O)=O)c(F)c2)cc1. The van der Waals surface area contributed by atoms with E-state index < -0.39 is 40.4 Å². The van der Waals surface area contributed by atoms with Crippen LogP contribution in [0.2, 0.25) is 0 Å². The summed E-state index contributed by atoms with van der Waals surface area (Å²) in [6.45, 7) is 3.16. The van der Waals surface area contributed by atoms with Gasteiger partial charge >= 0.3 is 6.18 Å². The van der Waals surface area contributed by atoms with Gasteiger partial charge in [0, 0.05) is 19.2 Å². The molecule has 36 heavy (non-hydrogen) atoms. The highest BCUT2D eigenvalue weighted by atomic mass is 32.2. The van der Waals surface area contributed by atoms with E-state index in [9.17, 15) is 30.8 Å². The Hall–Kier alpha value is -3.67. The smallest absolute Gasteiger partial charge is 0.433 e. The lowest BCUT2D eigenvalue weighted by molar-refractivity contribution is -0.141. The van der Waals surface area contributed by atoms with Crippen LogP contribution in [0.3, 0.4) is 0 Å². The Kier molecular flexibility index (Phi) is 8.18. The van der Waals surface area contributed by atoms with Crippen LogP contribution >= 0.6 is 0 Å². The van der Waals surface area contributed by atoms with Crippen LogP contribution < -0.4 is 14.4 Å². The molecule has 1 N–H and O–H groups in total. The number of carbonyl (C=O) groups is 1. The molecule has 0 fully saturated rings. The summed E-state index contributed by atoms with van der Waals surface area (Å²) in [5, 5.41) is 2.60. The number of thiol groups is 1. The maximum absolute atomic E-state index is 14.4. The minimum absolute atomic E-state index is 0.170. The predicted molar refractivity (Wildman–Crippen MR) is 126 cm³/mol. The summed E-state index contributed by atoms with van der Waals surface area (Å²) in [6.07, 6.45) is -4.69. The molecule has 0 aliphatic heterocycles. The number of alkyl halides is 3. The van der Waals surface area contributed by atoms with Gasteiger partial charge in [-0.1, -0.05) is 23.8 Å². The van der Waals surface area contributed by atoms with Crippen molar-refractivity contribution in [3.05, 3.63) is 82.8 Å². The van der Waals surface area contributed by atoms with Gasteiger partial charge in [0.2, 0.25) is 22.7 Å². The summed E-state index contributed by atoms with van der Waals surface area (Å²) in [7, 11) is -1.84. The van der Waals surface area contributed by atoms with Gasteiger partial charge in [0.25, 0.3) is 0 Å². The maximum Gasteiger partial charge on any atom is 0.433 e. The Balaban J connectivity index is 1.79. The highest BCUT2D eigenvalue weighted by Crippen LogP contribution is 2.32. The molecule has 1 amide bonds. The standard InChI is InChI=1S/C24H23F4N3O4S/c1-14-4-8-18(9-5-14)35-23-17(7-11-21(30-23)24(26,27)28)13-29-22(32)15(2)16-6-10-20(19(25)12-16)31(3)36(33)34/h4-12,15,36H,13H2,1-3H3,(H,29,32). The summed E-state index contributed by atoms with van der Waals surface area (Å²) in [4.78, 5) is 16.3. The number of hydrogen-bond acceptors (Lipinski definition) is 5. The molecule has 12 heteroatoms. The van der Waals surface area contributed by atoms with Gasteiger partial charge in [0.1, 0.15) is 17.3 Å². The number of nitrogens with zero attached hydrogens (tertiary/aromatic N) is 2. The highest BCUT2D eigenvalue weighted by Gasteiger charge is 2.33. The van der Waals surface area contributed by atoms with E-state index in [1.165, 1.54) is 32.2 Å². The van der Waals surface area contributed by atoms with Crippen LogP contribution in [0, 0.1) is 12.7 Å². The third-order valence-electron chi connectivity index (χ3n) is 5.38. The number of pyridine rings is 1. The minimum atomic E-state index is -4.69. The number of halogens is 4. The van der Waals surface area contributed by atoms with E-state index in [1.54, 1.807) is 24.3 Å². The fourth-order valence-corrected chi connectivity index (χ4v) is 3.54. The molecular formula is C24H23F4N3O4S. The molecule has 7 nitrogen and oxygen atoms in total. The van der Waals surface area contributed by atoms with E-state index in [2.05, 4.69) is 10.3 Å². The molecule has 3 rings (SSSR count). The Morgan fingerprint density at radius 1 is 1.11 bits per heavy atom. The fraction of sp³-hybridized carbons (Fsp3) is 0.250. The number of benzene rings is 2. The van der Waals surface area contributed by atoms with Gasteiger partial charge in [-0.05, 0) is 55.8 Å². The fourth-order valence-electron chi connectivity index (χ4n) is 3.20. The molecule has 1 aromatic heterocycles. The van der Waals surface area contributed by atoms with Crippen LogP contribution in [-0.2, 0) is 28.4 Å². The van der Waals surface area contributed by atoms with Gasteiger partial charge in [-0.2, -0.15) is 13.2 Å². The quantitative estimate of drug-likeness (QED) is 0.328. The first-order valence-electron chi connectivity index (χ1n) is 10.6. The van der Waals surface area contributed by atoms with Gasteiger partial charge in [-0.3, -0.25) is 9.10 Å². The van der Waals surface area contributed by atoms with E-state index in [-0.39, 0.29) is 35.0 Å². The summed E-state index contributed by atoms with van der Waals surface area (Å²) in [5.74, 6) is -2.24. The number of aryl methyl sites for hydroxylation is 1. The minimum Gasteiger partial charge on any atom is -0.439 e. The summed E-state index contributed by atoms with van der Waals surface area (Å²) in [6, 6.07) is 12.3. The molecule has 0 spiro atoms. The average Bonchev–Trinajstić information content (AvgIpc) is 2.82. The number of aromatic nitrogens is 1. The zero-order chi connectivity index (χ0) is 26.6. The number of carbonyl (C=O) groups excluding carboxylic acids is 1. The van der Waals surface area contributed by atoms with E-state index in [0.29, 0.717) is 0 Å². The van der Waals surface area contributed by atoms with Crippen molar-refractivity contribution in [3.63, 3.8) is 0 Å². The number of nitrogens with one attached hydrogen (secondary N) is 1. The second-order valence-electron chi connectivity index (χ2n) is 7.99. The zero-order valence-corrected chi connectivity index (χ0v) is 20.4. The van der Waals surface area contributed by atoms with Crippen LogP contribution in [0.5, 0.6) is 11.6 Å². The number of anilines is 1. The molecular weight excluding hydrogens is 502 g/mol. The van der Waals surface area contributed by atoms with E-state index >= 15 is 0 Å². The molecule has 0 radical (unpaired) electrons. The first-order chi connectivity index (χ1) is 16.9. The third kappa shape index (κ3) is 6.51. The first kappa shape index (κ1) is 26.9. The molecule has 0 saturated carbocycles. The average molecular weight is 526 g/mol. The van der Waals surface area contributed by atoms with Crippen molar-refractivity contribution in [1.82, 2.24) is 10.3 Å². The van der Waals surface area contributed by atoms with Crippen LogP contribution in [0.4, 0.5) is 23.2 Å². The normalized spacial score (nSPS) is 12.3. The maximum atomic E-state index is 14.4. The van der Waals surface area contributed by atoms with E-state index in [1.807, 2.05) is 6.92 Å². The molecule has 1 atom stereocenters. The Bertz CT molecular complexity index is 1320. The molecule has 0 aliphatic carbocycles. The number of ether oxygens (including phenoxy) is 1. The largest absolute Gasteiger partial charge is 0.439 e. The summed E-state index contributed by atoms with van der Waals surface area (Å²) in [5.41, 5.74) is 0.0971. The summed E-state index contributed by atoms with van der Waals surface area (Å²) < 4.78 is 82.5. The molecule has 0 aliphatic rings. The predicted octanol–water partition coefficient (Wildman–Crippen LogP) is 4.72. The van der Waals surface area contributed by atoms with Gasteiger partial charge in [-0.15, -0.1) is 0 Å². The van der Waals surface area contributed by atoms with Gasteiger partial charge in [-0.25, -0.2) is 17.8 Å². The van der Waals surface area contributed by atoms with Gasteiger partial charge in [0.15, 0.2) is 0 Å². The first-order valence-corrected chi connectivity index (χ1v) is 11.8.